The number of ether oxygens (including phenoxy) is 1. The number of nitrogens with one attached hydrogen (secondary N) is 1. The Morgan fingerprint density at radius 1 is 1.47 bits per heavy atom. The fraction of sp³-hybridized carbons (Fsp3) is 0.714. The molecule has 0 spiro atoms. The molecule has 1 amide bonds. The summed E-state index contributed by atoms with van der Waals surface area (Å²) in [5.74, 6) is 0. The lowest BCUT2D eigenvalue weighted by Crippen LogP contribution is -2.44. The Bertz CT molecular complexity index is 674. The number of aryl methyl sites for hydroxylation is 1. The number of hydrogen-bond donors (Lipinski definition) is 2. The maximum atomic E-state index is 12.6. The third-order valence-corrected chi connectivity index (χ3v) is 7.14. The van der Waals surface area contributed by atoms with E-state index in [-0.39, 0.29) is 16.9 Å². The minimum absolute atomic E-state index is 0.00358. The van der Waals surface area contributed by atoms with Crippen molar-refractivity contribution in [1.29, 1.82) is 0 Å². The van der Waals surface area contributed by atoms with E-state index in [1.165, 1.54) is 4.90 Å². The molecule has 2 rings (SSSR count). The Kier molecular flexibility index (Phi) is 10.2. The van der Waals surface area contributed by atoms with Crippen LogP contribution in [0.4, 0.5) is 4.79 Å². The molecule has 0 saturated carbocycles. The van der Waals surface area contributed by atoms with Crippen molar-refractivity contribution in [2.24, 2.45) is 0 Å². The van der Waals surface area contributed by atoms with Gasteiger partial charge < -0.3 is 19.3 Å². The molecular formula is C21H34ClN3O4S. The average molecular weight is 460 g/mol. The van der Waals surface area contributed by atoms with Crippen LogP contribution in [0.1, 0.15) is 58.4 Å². The molecule has 170 valence electrons. The third kappa shape index (κ3) is 8.59. The van der Waals surface area contributed by atoms with Crippen molar-refractivity contribution >= 4 is 29.1 Å². The molecule has 1 aliphatic rings. The van der Waals surface area contributed by atoms with Gasteiger partial charge in [-0.05, 0) is 70.9 Å². The van der Waals surface area contributed by atoms with Gasteiger partial charge in [0, 0.05) is 30.7 Å². The van der Waals surface area contributed by atoms with Gasteiger partial charge in [0.05, 0.1) is 18.7 Å². The van der Waals surface area contributed by atoms with Crippen molar-refractivity contribution in [3.8, 4) is 0 Å². The number of nitrogens with zero attached hydrogens (tertiary/aromatic N) is 2. The Morgan fingerprint density at radius 2 is 2.23 bits per heavy atom. The Morgan fingerprint density at radius 3 is 2.87 bits per heavy atom. The first kappa shape index (κ1) is 25.2. The standard InChI is InChI=1S/C21H34ClN3O4S/c1-21(2,3)30(28)24-17(10-9-16-7-6-12-23-19(16)22)8-4-5-14-29-18-11-13-25(15-18)20(26)27/h6-7,12,17-18,24H,4-5,8-11,13-15H2,1-3H3,(H,26,27)/t17-,18-,30?/m1/s1. The van der Waals surface area contributed by atoms with Crippen LogP contribution in [0.15, 0.2) is 18.3 Å². The molecule has 1 aromatic heterocycles. The van der Waals surface area contributed by atoms with Crippen LogP contribution in [0.5, 0.6) is 0 Å². The summed E-state index contributed by atoms with van der Waals surface area (Å²) >= 11 is 5.04. The first-order chi connectivity index (χ1) is 14.2. The van der Waals surface area contributed by atoms with Crippen molar-refractivity contribution in [2.75, 3.05) is 19.7 Å². The minimum Gasteiger partial charge on any atom is -0.598 e. The number of halogens is 1. The van der Waals surface area contributed by atoms with Gasteiger partial charge in [0.1, 0.15) is 9.90 Å². The second-order valence-electron chi connectivity index (χ2n) is 8.69. The summed E-state index contributed by atoms with van der Waals surface area (Å²) in [6.07, 6.45) is 5.86. The van der Waals surface area contributed by atoms with Crippen LogP contribution >= 0.6 is 11.6 Å². The lowest BCUT2D eigenvalue weighted by atomic mass is 10.0. The van der Waals surface area contributed by atoms with Crippen molar-refractivity contribution in [2.45, 2.75) is 76.2 Å². The minimum atomic E-state index is -1.14. The summed E-state index contributed by atoms with van der Waals surface area (Å²) in [4.78, 5) is 16.5. The van der Waals surface area contributed by atoms with Gasteiger partial charge in [-0.15, -0.1) is 4.72 Å². The number of aromatic nitrogens is 1. The molecular weight excluding hydrogens is 426 g/mol. The van der Waals surface area contributed by atoms with Gasteiger partial charge in [-0.1, -0.05) is 17.7 Å². The fourth-order valence-electron chi connectivity index (χ4n) is 3.31. The van der Waals surface area contributed by atoms with Gasteiger partial charge in [-0.3, -0.25) is 0 Å². The van der Waals surface area contributed by atoms with Crippen molar-refractivity contribution in [3.63, 3.8) is 0 Å². The van der Waals surface area contributed by atoms with E-state index in [4.69, 9.17) is 21.4 Å². The highest BCUT2D eigenvalue weighted by Gasteiger charge is 2.29. The molecule has 7 nitrogen and oxygen atoms in total. The van der Waals surface area contributed by atoms with E-state index in [0.717, 1.165) is 44.1 Å². The third-order valence-electron chi connectivity index (χ3n) is 5.14. The molecule has 0 bridgehead atoms. The predicted octanol–water partition coefficient (Wildman–Crippen LogP) is 4.03. The SMILES string of the molecule is CC(C)(C)[S+]([O-])N[C@H](CCCCO[C@@H]1CCN(C(=O)O)C1)CCc1cccnc1Cl. The summed E-state index contributed by atoms with van der Waals surface area (Å²) in [6.45, 7) is 7.49. The lowest BCUT2D eigenvalue weighted by molar-refractivity contribution is 0.0558. The van der Waals surface area contributed by atoms with Crippen LogP contribution in [0.25, 0.3) is 0 Å². The first-order valence-electron chi connectivity index (χ1n) is 10.5. The van der Waals surface area contributed by atoms with Gasteiger partial charge in [0.25, 0.3) is 0 Å². The highest BCUT2D eigenvalue weighted by molar-refractivity contribution is 7.90. The van der Waals surface area contributed by atoms with E-state index in [1.807, 2.05) is 32.9 Å². The number of hydrogen-bond acceptors (Lipinski definition) is 5. The summed E-state index contributed by atoms with van der Waals surface area (Å²) in [7, 11) is 0. The zero-order valence-electron chi connectivity index (χ0n) is 18.1. The van der Waals surface area contributed by atoms with Gasteiger partial charge >= 0.3 is 6.09 Å². The molecule has 1 unspecified atom stereocenters. The highest BCUT2D eigenvalue weighted by atomic mass is 35.5. The number of amides is 1. The van der Waals surface area contributed by atoms with Crippen molar-refractivity contribution in [3.05, 3.63) is 29.0 Å². The normalized spacial score (nSPS) is 19.1. The molecule has 0 aliphatic carbocycles. The van der Waals surface area contributed by atoms with Crippen LogP contribution in [0, 0.1) is 0 Å². The van der Waals surface area contributed by atoms with E-state index in [2.05, 4.69) is 9.71 Å². The Hall–Kier alpha value is -1.06. The maximum absolute atomic E-state index is 12.6. The summed E-state index contributed by atoms with van der Waals surface area (Å²) in [5, 5.41) is 9.53. The van der Waals surface area contributed by atoms with E-state index >= 15 is 0 Å². The van der Waals surface area contributed by atoms with E-state index < -0.39 is 17.5 Å². The number of pyridine rings is 1. The second-order valence-corrected chi connectivity index (χ2v) is 11.0. The molecule has 1 fully saturated rings. The first-order valence-corrected chi connectivity index (χ1v) is 12.1. The number of unbranched alkanes of at least 4 members (excludes halogenated alkanes) is 1. The molecule has 2 heterocycles. The molecule has 0 aromatic carbocycles. The van der Waals surface area contributed by atoms with E-state index in [9.17, 15) is 9.35 Å². The average Bonchev–Trinajstić information content (AvgIpc) is 3.15. The largest absolute Gasteiger partial charge is 0.598 e. The second kappa shape index (κ2) is 12.1. The van der Waals surface area contributed by atoms with Gasteiger partial charge in [0.15, 0.2) is 0 Å². The quantitative estimate of drug-likeness (QED) is 0.294. The number of carboxylic acid groups (broad SMARTS) is 1. The molecule has 9 heteroatoms. The molecule has 0 radical (unpaired) electrons. The topological polar surface area (TPSA) is 97.8 Å². The van der Waals surface area contributed by atoms with Gasteiger partial charge in [-0.2, -0.15) is 0 Å². The fourth-order valence-corrected chi connectivity index (χ4v) is 4.41. The van der Waals surface area contributed by atoms with Crippen molar-refractivity contribution < 1.29 is 19.2 Å². The van der Waals surface area contributed by atoms with E-state index in [1.54, 1.807) is 6.20 Å². The van der Waals surface area contributed by atoms with Crippen LogP contribution in [0.3, 0.4) is 0 Å². The maximum Gasteiger partial charge on any atom is 0.407 e. The zero-order chi connectivity index (χ0) is 22.1. The predicted molar refractivity (Wildman–Crippen MR) is 120 cm³/mol. The zero-order valence-corrected chi connectivity index (χ0v) is 19.7. The molecule has 30 heavy (non-hydrogen) atoms. The number of carbonyl (C=O) groups is 1. The Labute approximate surface area is 187 Å². The van der Waals surface area contributed by atoms with Crippen LogP contribution in [0.2, 0.25) is 5.15 Å². The molecule has 1 aromatic rings. The molecule has 3 atom stereocenters. The Balaban J connectivity index is 1.76. The van der Waals surface area contributed by atoms with Gasteiger partial charge in [0.2, 0.25) is 0 Å². The molecule has 1 saturated heterocycles. The van der Waals surface area contributed by atoms with Crippen LogP contribution in [-0.2, 0) is 22.5 Å². The van der Waals surface area contributed by atoms with Crippen molar-refractivity contribution in [1.82, 2.24) is 14.6 Å². The van der Waals surface area contributed by atoms with Crippen LogP contribution in [-0.4, -0.2) is 62.2 Å². The smallest absolute Gasteiger partial charge is 0.407 e. The number of likely N-dealkylation sites (tertiary alicyclic amines) is 1. The molecule has 2 N–H and O–H groups in total. The summed E-state index contributed by atoms with van der Waals surface area (Å²) < 4.78 is 21.4. The van der Waals surface area contributed by atoms with Gasteiger partial charge in [-0.25, -0.2) is 9.78 Å². The number of rotatable bonds is 11. The monoisotopic (exact) mass is 459 g/mol. The molecule has 1 aliphatic heterocycles. The summed E-state index contributed by atoms with van der Waals surface area (Å²) in [5.41, 5.74) is 1.00. The highest BCUT2D eigenvalue weighted by Crippen LogP contribution is 2.20. The lowest BCUT2D eigenvalue weighted by Gasteiger charge is -2.28. The van der Waals surface area contributed by atoms with E-state index in [0.29, 0.717) is 24.8 Å². The summed E-state index contributed by atoms with van der Waals surface area (Å²) in [6, 6.07) is 3.96. The van der Waals surface area contributed by atoms with Crippen LogP contribution < -0.4 is 4.72 Å².